The van der Waals surface area contributed by atoms with E-state index in [1.807, 2.05) is 0 Å². The smallest absolute Gasteiger partial charge is 0.303 e. The Balaban J connectivity index is 2.08. The number of aliphatic hydroxyl groups excluding tert-OH is 1. The van der Waals surface area contributed by atoms with Crippen LogP contribution in [0.15, 0.2) is 58.6 Å². The van der Waals surface area contributed by atoms with Crippen molar-refractivity contribution >= 4 is 50.9 Å². The van der Waals surface area contributed by atoms with E-state index in [4.69, 9.17) is 16.7 Å². The topological polar surface area (TPSA) is 94.9 Å². The fraction of sp³-hybridized carbons (Fsp3) is 0.190. The molecule has 0 saturated carbocycles. The molecule has 3 rings (SSSR count). The van der Waals surface area contributed by atoms with E-state index < -0.39 is 23.7 Å². The van der Waals surface area contributed by atoms with Gasteiger partial charge in [0.2, 0.25) is 0 Å². The maximum absolute atomic E-state index is 12.8. The number of benzene rings is 2. The van der Waals surface area contributed by atoms with E-state index in [1.165, 1.54) is 4.90 Å². The van der Waals surface area contributed by atoms with Crippen molar-refractivity contribution in [3.05, 3.63) is 74.7 Å². The van der Waals surface area contributed by atoms with Crippen LogP contribution < -0.4 is 0 Å². The number of hydrogen-bond donors (Lipinski definition) is 2. The van der Waals surface area contributed by atoms with Gasteiger partial charge in [0, 0.05) is 28.0 Å². The van der Waals surface area contributed by atoms with Gasteiger partial charge in [-0.1, -0.05) is 39.7 Å². The lowest BCUT2D eigenvalue weighted by Gasteiger charge is -2.25. The van der Waals surface area contributed by atoms with Gasteiger partial charge in [-0.25, -0.2) is 0 Å². The molecule has 1 aliphatic heterocycles. The first-order chi connectivity index (χ1) is 13.8. The van der Waals surface area contributed by atoms with Crippen molar-refractivity contribution in [2.24, 2.45) is 0 Å². The highest BCUT2D eigenvalue weighted by atomic mass is 79.9. The number of halogens is 2. The van der Waals surface area contributed by atoms with Crippen LogP contribution in [-0.2, 0) is 14.4 Å². The molecule has 0 unspecified atom stereocenters. The van der Waals surface area contributed by atoms with Crippen molar-refractivity contribution in [1.29, 1.82) is 0 Å². The highest BCUT2D eigenvalue weighted by Gasteiger charge is 2.45. The maximum Gasteiger partial charge on any atom is 0.303 e. The van der Waals surface area contributed by atoms with Crippen molar-refractivity contribution in [1.82, 2.24) is 4.90 Å². The van der Waals surface area contributed by atoms with Gasteiger partial charge in [-0.3, -0.25) is 14.4 Å². The number of aliphatic hydroxyl groups is 1. The van der Waals surface area contributed by atoms with Crippen LogP contribution in [0.25, 0.3) is 5.76 Å². The highest BCUT2D eigenvalue weighted by Crippen LogP contribution is 2.39. The van der Waals surface area contributed by atoms with Crippen LogP contribution in [0.1, 0.15) is 30.0 Å². The van der Waals surface area contributed by atoms with Gasteiger partial charge in [0.05, 0.1) is 11.6 Å². The first kappa shape index (κ1) is 21.1. The Morgan fingerprint density at radius 1 is 1.03 bits per heavy atom. The van der Waals surface area contributed by atoms with E-state index in [9.17, 15) is 19.5 Å². The van der Waals surface area contributed by atoms with Crippen molar-refractivity contribution in [3.8, 4) is 0 Å². The average Bonchev–Trinajstić information content (AvgIpc) is 2.93. The Morgan fingerprint density at radius 3 is 2.24 bits per heavy atom. The summed E-state index contributed by atoms with van der Waals surface area (Å²) in [5.74, 6) is -2.85. The fourth-order valence-electron chi connectivity index (χ4n) is 3.27. The van der Waals surface area contributed by atoms with Crippen LogP contribution >= 0.6 is 27.5 Å². The van der Waals surface area contributed by atoms with Gasteiger partial charge in [-0.2, -0.15) is 0 Å². The molecule has 1 saturated heterocycles. The van der Waals surface area contributed by atoms with Crippen molar-refractivity contribution in [2.75, 3.05) is 6.54 Å². The zero-order valence-corrected chi connectivity index (χ0v) is 17.5. The second-order valence-electron chi connectivity index (χ2n) is 6.55. The number of Topliss-reactive ketones (excluding diaryl/α,β-unsaturated/α-hetero) is 1. The molecule has 0 bridgehead atoms. The molecule has 1 atom stereocenters. The fourth-order valence-corrected chi connectivity index (χ4v) is 3.66. The van der Waals surface area contributed by atoms with E-state index >= 15 is 0 Å². The molecule has 2 aromatic rings. The summed E-state index contributed by atoms with van der Waals surface area (Å²) in [5, 5.41) is 20.2. The lowest BCUT2D eigenvalue weighted by molar-refractivity contribution is -0.140. The van der Waals surface area contributed by atoms with Gasteiger partial charge in [-0.05, 0) is 48.4 Å². The second-order valence-corrected chi connectivity index (χ2v) is 7.90. The molecule has 2 N–H and O–H groups in total. The second kappa shape index (κ2) is 8.80. The van der Waals surface area contributed by atoms with E-state index in [0.717, 1.165) is 4.47 Å². The maximum atomic E-state index is 12.8. The zero-order valence-electron chi connectivity index (χ0n) is 15.1. The number of carboxylic acids is 1. The molecule has 0 radical (unpaired) electrons. The van der Waals surface area contributed by atoms with Crippen LogP contribution in [0, 0.1) is 0 Å². The number of nitrogens with zero attached hydrogens (tertiary/aromatic N) is 1. The van der Waals surface area contributed by atoms with Crippen molar-refractivity contribution in [2.45, 2.75) is 18.9 Å². The molecule has 1 fully saturated rings. The van der Waals surface area contributed by atoms with Gasteiger partial charge in [0.1, 0.15) is 5.76 Å². The minimum Gasteiger partial charge on any atom is -0.507 e. The van der Waals surface area contributed by atoms with E-state index in [1.54, 1.807) is 48.5 Å². The first-order valence-corrected chi connectivity index (χ1v) is 9.98. The van der Waals surface area contributed by atoms with Crippen LogP contribution in [0.4, 0.5) is 0 Å². The molecule has 0 spiro atoms. The predicted octanol–water partition coefficient (Wildman–Crippen LogP) is 4.39. The largest absolute Gasteiger partial charge is 0.507 e. The molecular weight excluding hydrogens is 462 g/mol. The van der Waals surface area contributed by atoms with Crippen molar-refractivity contribution < 1.29 is 24.6 Å². The van der Waals surface area contributed by atoms with Crippen LogP contribution in [0.5, 0.6) is 0 Å². The molecule has 150 valence electrons. The number of aliphatic carboxylic acids is 1. The molecule has 1 aliphatic rings. The summed E-state index contributed by atoms with van der Waals surface area (Å²) >= 11 is 9.25. The summed E-state index contributed by atoms with van der Waals surface area (Å²) < 4.78 is 0.821. The monoisotopic (exact) mass is 477 g/mol. The lowest BCUT2D eigenvalue weighted by Crippen LogP contribution is -2.31. The Labute approximate surface area is 180 Å². The number of carbonyl (C=O) groups excluding carboxylic acids is 2. The Hall–Kier alpha value is -2.64. The van der Waals surface area contributed by atoms with E-state index in [-0.39, 0.29) is 30.7 Å². The summed E-state index contributed by atoms with van der Waals surface area (Å²) in [7, 11) is 0. The predicted molar refractivity (Wildman–Crippen MR) is 111 cm³/mol. The third-order valence-corrected chi connectivity index (χ3v) is 5.41. The number of carbonyl (C=O) groups is 3. The molecule has 0 aromatic heterocycles. The number of likely N-dealkylation sites (tertiary alicyclic amines) is 1. The van der Waals surface area contributed by atoms with Crippen molar-refractivity contribution in [3.63, 3.8) is 0 Å². The third kappa shape index (κ3) is 4.52. The summed E-state index contributed by atoms with van der Waals surface area (Å²) in [6.07, 6.45) is 0.0591. The standard InChI is InChI=1S/C21H17BrClNO5/c22-14-7-3-12(4-8-14)18-17(19(27)13-5-9-15(23)10-6-13)20(28)21(29)24(18)11-1-2-16(25)26/h3-10,18,27H,1-2,11H2,(H,25,26)/t18-/m0/s1. The highest BCUT2D eigenvalue weighted by molar-refractivity contribution is 9.10. The van der Waals surface area contributed by atoms with Crippen LogP contribution in [0.2, 0.25) is 5.02 Å². The third-order valence-electron chi connectivity index (χ3n) is 4.63. The van der Waals surface area contributed by atoms with E-state index in [2.05, 4.69) is 15.9 Å². The minimum atomic E-state index is -0.983. The summed E-state index contributed by atoms with van der Waals surface area (Å²) in [6, 6.07) is 12.5. The zero-order chi connectivity index (χ0) is 21.1. The molecule has 29 heavy (non-hydrogen) atoms. The van der Waals surface area contributed by atoms with Gasteiger partial charge in [0.15, 0.2) is 0 Å². The summed E-state index contributed by atoms with van der Waals surface area (Å²) in [6.45, 7) is 0.0784. The Bertz CT molecular complexity index is 985. The SMILES string of the molecule is O=C(O)CCCN1C(=O)C(=O)C(=C(O)c2ccc(Cl)cc2)[C@@H]1c1ccc(Br)cc1. The van der Waals surface area contributed by atoms with Gasteiger partial charge in [0.25, 0.3) is 11.7 Å². The molecule has 0 aliphatic carbocycles. The van der Waals surface area contributed by atoms with Crippen LogP contribution in [-0.4, -0.2) is 39.3 Å². The molecule has 1 heterocycles. The van der Waals surface area contributed by atoms with Gasteiger partial charge < -0.3 is 15.1 Å². The number of ketones is 1. The molecular formula is C21H17BrClNO5. The number of carboxylic acid groups (broad SMARTS) is 1. The molecule has 6 nitrogen and oxygen atoms in total. The summed E-state index contributed by atoms with van der Waals surface area (Å²) in [5.41, 5.74) is 0.966. The number of rotatable bonds is 6. The summed E-state index contributed by atoms with van der Waals surface area (Å²) in [4.78, 5) is 37.6. The minimum absolute atomic E-state index is 0.0324. The molecule has 1 amide bonds. The van der Waals surface area contributed by atoms with E-state index in [0.29, 0.717) is 16.1 Å². The van der Waals surface area contributed by atoms with Crippen LogP contribution in [0.3, 0.4) is 0 Å². The number of amides is 1. The average molecular weight is 479 g/mol. The molecule has 8 heteroatoms. The normalized spacial score (nSPS) is 18.3. The molecule has 2 aromatic carbocycles. The number of hydrogen-bond acceptors (Lipinski definition) is 4. The first-order valence-electron chi connectivity index (χ1n) is 8.81. The van der Waals surface area contributed by atoms with Gasteiger partial charge in [-0.15, -0.1) is 0 Å². The Kier molecular flexibility index (Phi) is 6.39. The van der Waals surface area contributed by atoms with Gasteiger partial charge >= 0.3 is 5.97 Å². The Morgan fingerprint density at radius 2 is 1.66 bits per heavy atom. The quantitative estimate of drug-likeness (QED) is 0.365. The lowest BCUT2D eigenvalue weighted by atomic mass is 9.95.